The Balaban J connectivity index is 1.90. The minimum Gasteiger partial charge on any atom is -0.0740 e. The van der Waals surface area contributed by atoms with Gasteiger partial charge in [-0.2, -0.15) is 0 Å². The molecule has 2 saturated heterocycles. The van der Waals surface area contributed by atoms with Crippen LogP contribution in [0.1, 0.15) is 32.1 Å². The zero-order valence-corrected chi connectivity index (χ0v) is 7.19. The molecule has 4 fully saturated rings. The summed E-state index contributed by atoms with van der Waals surface area (Å²) in [4.78, 5) is 0. The van der Waals surface area contributed by atoms with E-state index in [1.54, 1.807) is 32.1 Å². The summed E-state index contributed by atoms with van der Waals surface area (Å²) in [6, 6.07) is 0. The third-order valence-electron chi connectivity index (χ3n) is 3.51. The van der Waals surface area contributed by atoms with Crippen LogP contribution in [0.15, 0.2) is 0 Å². The molecule has 55 valence electrons. The average molecular weight is 153 g/mol. The Hall–Kier alpha value is 0.430. The molecule has 0 amide bonds. The van der Waals surface area contributed by atoms with E-state index in [0.717, 1.165) is 11.3 Å². The highest BCUT2D eigenvalue weighted by molar-refractivity contribution is 7.40. The minimum atomic E-state index is 1.15. The molecule has 0 aromatic heterocycles. The van der Waals surface area contributed by atoms with Crippen molar-refractivity contribution in [2.24, 2.45) is 11.8 Å². The van der Waals surface area contributed by atoms with E-state index in [0.29, 0.717) is 0 Å². The molecule has 10 heavy (non-hydrogen) atoms. The summed E-state index contributed by atoms with van der Waals surface area (Å²) in [5.41, 5.74) is 2.30. The lowest BCUT2D eigenvalue weighted by atomic mass is 9.71. The van der Waals surface area contributed by atoms with Crippen LogP contribution in [0.4, 0.5) is 0 Å². The summed E-state index contributed by atoms with van der Waals surface area (Å²) >= 11 is 0. The van der Waals surface area contributed by atoms with Crippen LogP contribution in [0.5, 0.6) is 0 Å². The first-order chi connectivity index (χ1) is 4.90. The Morgan fingerprint density at radius 1 is 0.700 bits per heavy atom. The average Bonchev–Trinajstić information content (AvgIpc) is 1.82. The van der Waals surface area contributed by atoms with Gasteiger partial charge in [0.15, 0.2) is 0 Å². The fraction of sp³-hybridized carbons (Fsp3) is 1.00. The van der Waals surface area contributed by atoms with Gasteiger partial charge in [0.1, 0.15) is 0 Å². The second-order valence-electron chi connectivity index (χ2n) is 4.37. The van der Waals surface area contributed by atoms with Crippen LogP contribution in [0, 0.1) is 11.8 Å². The van der Waals surface area contributed by atoms with E-state index in [4.69, 9.17) is 0 Å². The summed E-state index contributed by atoms with van der Waals surface area (Å²) in [5, 5.41) is 0. The Morgan fingerprint density at radius 2 is 1.20 bits per heavy atom. The summed E-state index contributed by atoms with van der Waals surface area (Å²) in [7, 11) is 1.84. The van der Waals surface area contributed by atoms with E-state index in [1.165, 1.54) is 11.8 Å². The zero-order chi connectivity index (χ0) is 6.55. The SMILES string of the molecule is C1C2CC3CC1CC(C2)[P]3. The normalized spacial score (nSPS) is 60.0. The first-order valence-corrected chi connectivity index (χ1v) is 5.63. The topological polar surface area (TPSA) is 0 Å². The van der Waals surface area contributed by atoms with Gasteiger partial charge < -0.3 is 0 Å². The molecule has 0 N–H and O–H groups in total. The maximum atomic E-state index is 1.84. The first kappa shape index (κ1) is 6.00. The van der Waals surface area contributed by atoms with Crippen molar-refractivity contribution in [1.82, 2.24) is 0 Å². The van der Waals surface area contributed by atoms with Gasteiger partial charge in [-0.3, -0.25) is 0 Å². The lowest BCUT2D eigenvalue weighted by Crippen LogP contribution is -2.38. The molecule has 0 atom stereocenters. The molecule has 0 nitrogen and oxygen atoms in total. The van der Waals surface area contributed by atoms with Crippen LogP contribution in [0.25, 0.3) is 0 Å². The van der Waals surface area contributed by atoms with Gasteiger partial charge in [0.05, 0.1) is 0 Å². The van der Waals surface area contributed by atoms with Gasteiger partial charge in [0.2, 0.25) is 0 Å². The third-order valence-corrected chi connectivity index (χ3v) is 5.20. The van der Waals surface area contributed by atoms with Crippen LogP contribution < -0.4 is 0 Å². The monoisotopic (exact) mass is 153 g/mol. The van der Waals surface area contributed by atoms with E-state index in [9.17, 15) is 0 Å². The number of hydrogen-bond donors (Lipinski definition) is 0. The molecule has 4 rings (SSSR count). The molecular weight excluding hydrogens is 139 g/mol. The maximum Gasteiger partial charge on any atom is -0.0162 e. The summed E-state index contributed by atoms with van der Waals surface area (Å²) in [6.45, 7) is 0. The van der Waals surface area contributed by atoms with Gasteiger partial charge in [-0.05, 0) is 55.3 Å². The second-order valence-corrected chi connectivity index (χ2v) is 6.13. The van der Waals surface area contributed by atoms with Gasteiger partial charge >= 0.3 is 0 Å². The van der Waals surface area contributed by atoms with Crippen LogP contribution in [-0.2, 0) is 0 Å². The van der Waals surface area contributed by atoms with E-state index in [2.05, 4.69) is 0 Å². The van der Waals surface area contributed by atoms with Gasteiger partial charge in [0, 0.05) is 0 Å². The van der Waals surface area contributed by atoms with Crippen molar-refractivity contribution in [2.45, 2.75) is 43.4 Å². The Labute approximate surface area is 64.6 Å². The molecule has 0 spiro atoms. The summed E-state index contributed by atoms with van der Waals surface area (Å²) < 4.78 is 0. The molecule has 0 unspecified atom stereocenters. The van der Waals surface area contributed by atoms with E-state index >= 15 is 0 Å². The number of hydrogen-bond acceptors (Lipinski definition) is 0. The molecule has 1 radical (unpaired) electrons. The van der Waals surface area contributed by atoms with Crippen molar-refractivity contribution < 1.29 is 0 Å². The minimum absolute atomic E-state index is 1.15. The highest BCUT2D eigenvalue weighted by atomic mass is 31.1. The molecule has 2 aliphatic carbocycles. The molecule has 2 aliphatic heterocycles. The van der Waals surface area contributed by atoms with Crippen LogP contribution in [0.3, 0.4) is 0 Å². The molecule has 2 saturated carbocycles. The predicted molar refractivity (Wildman–Crippen MR) is 44.6 cm³/mol. The second kappa shape index (κ2) is 1.97. The molecule has 0 aromatic rings. The molecular formula is C9H14P. The van der Waals surface area contributed by atoms with Gasteiger partial charge in [0.25, 0.3) is 0 Å². The number of rotatable bonds is 0. The van der Waals surface area contributed by atoms with Crippen molar-refractivity contribution in [3.8, 4) is 0 Å². The fourth-order valence-electron chi connectivity index (χ4n) is 3.32. The fourth-order valence-corrected chi connectivity index (χ4v) is 5.60. The summed E-state index contributed by atoms with van der Waals surface area (Å²) in [5.74, 6) is 2.34. The van der Waals surface area contributed by atoms with E-state index < -0.39 is 0 Å². The van der Waals surface area contributed by atoms with Crippen LogP contribution >= 0.6 is 8.58 Å². The third kappa shape index (κ3) is 0.780. The molecule has 2 heterocycles. The smallest absolute Gasteiger partial charge is 0.0162 e. The highest BCUT2D eigenvalue weighted by Crippen LogP contribution is 2.57. The maximum absolute atomic E-state index is 1.84. The van der Waals surface area contributed by atoms with Gasteiger partial charge in [-0.15, -0.1) is 0 Å². The molecule has 4 aliphatic rings. The zero-order valence-electron chi connectivity index (χ0n) is 6.29. The molecule has 4 bridgehead atoms. The van der Waals surface area contributed by atoms with Crippen molar-refractivity contribution in [2.75, 3.05) is 0 Å². The van der Waals surface area contributed by atoms with Crippen molar-refractivity contribution in [3.05, 3.63) is 0 Å². The standard InChI is InChI=1S/C9H14P/c1-6-2-8-4-7(1)5-9(3-6)10-8/h6-9H,1-5H2. The van der Waals surface area contributed by atoms with Crippen LogP contribution in [-0.4, -0.2) is 11.3 Å². The van der Waals surface area contributed by atoms with Crippen molar-refractivity contribution in [3.63, 3.8) is 0 Å². The van der Waals surface area contributed by atoms with Crippen molar-refractivity contribution in [1.29, 1.82) is 0 Å². The largest absolute Gasteiger partial charge is 0.0740 e. The first-order valence-electron chi connectivity index (χ1n) is 4.60. The Bertz CT molecular complexity index is 96.3. The van der Waals surface area contributed by atoms with Gasteiger partial charge in [-0.25, -0.2) is 0 Å². The lowest BCUT2D eigenvalue weighted by molar-refractivity contribution is 0.181. The van der Waals surface area contributed by atoms with Crippen LogP contribution in [0.2, 0.25) is 0 Å². The lowest BCUT2D eigenvalue weighted by Gasteiger charge is -2.49. The van der Waals surface area contributed by atoms with E-state index in [-0.39, 0.29) is 0 Å². The predicted octanol–water partition coefficient (Wildman–Crippen LogP) is 2.89. The Kier molecular flexibility index (Phi) is 1.18. The van der Waals surface area contributed by atoms with Crippen molar-refractivity contribution >= 4 is 8.58 Å². The molecule has 1 heteroatoms. The Morgan fingerprint density at radius 3 is 1.60 bits per heavy atom. The molecule has 0 aromatic carbocycles. The van der Waals surface area contributed by atoms with Gasteiger partial charge in [-0.1, -0.05) is 8.58 Å². The van der Waals surface area contributed by atoms with E-state index in [1.807, 2.05) is 8.58 Å². The summed E-state index contributed by atoms with van der Waals surface area (Å²) in [6.07, 6.45) is 7.97. The quantitative estimate of drug-likeness (QED) is 0.469. The highest BCUT2D eigenvalue weighted by Gasteiger charge is 2.42.